The molecule has 1 aliphatic carbocycles. The third-order valence-corrected chi connectivity index (χ3v) is 6.74. The molecule has 2 heterocycles. The first-order valence-electron chi connectivity index (χ1n) is 10.8. The zero-order valence-corrected chi connectivity index (χ0v) is 19.3. The first-order valence-corrected chi connectivity index (χ1v) is 12.0. The smallest absolute Gasteiger partial charge is 0.225 e. The molecule has 0 amide bonds. The summed E-state index contributed by atoms with van der Waals surface area (Å²) in [6, 6.07) is 9.45. The number of halogens is 2. The van der Waals surface area contributed by atoms with Gasteiger partial charge in [0.15, 0.2) is 0 Å². The number of ether oxygens (including phenoxy) is 1. The molecule has 1 saturated heterocycles. The van der Waals surface area contributed by atoms with Gasteiger partial charge >= 0.3 is 0 Å². The maximum Gasteiger partial charge on any atom is 0.225 e. The number of methoxy groups -OCH3 is 1. The van der Waals surface area contributed by atoms with E-state index in [1.165, 1.54) is 44.3 Å². The van der Waals surface area contributed by atoms with Crippen LogP contribution in [-0.2, 0) is 6.42 Å². The van der Waals surface area contributed by atoms with Crippen LogP contribution in [0.2, 0.25) is 0 Å². The molecule has 0 N–H and O–H groups in total. The molecule has 0 spiro atoms. The van der Waals surface area contributed by atoms with Gasteiger partial charge in [-0.05, 0) is 54.2 Å². The van der Waals surface area contributed by atoms with Gasteiger partial charge in [0.05, 0.1) is 12.7 Å². The van der Waals surface area contributed by atoms with E-state index >= 15 is 0 Å². The van der Waals surface area contributed by atoms with Crippen LogP contribution in [-0.4, -0.2) is 36.4 Å². The largest absolute Gasteiger partial charge is 0.497 e. The van der Waals surface area contributed by atoms with Crippen molar-refractivity contribution in [1.29, 1.82) is 0 Å². The third kappa shape index (κ3) is 5.04. The Labute approximate surface area is 192 Å². The number of fused-ring (bicyclic) bond motifs is 1. The van der Waals surface area contributed by atoms with Crippen molar-refractivity contribution in [3.05, 3.63) is 66.0 Å². The normalized spacial score (nSPS) is 18.6. The fourth-order valence-corrected chi connectivity index (χ4v) is 4.36. The molecule has 0 bridgehead atoms. The second kappa shape index (κ2) is 9.86. The predicted molar refractivity (Wildman–Crippen MR) is 125 cm³/mol. The highest BCUT2D eigenvalue weighted by Crippen LogP contribution is 2.45. The number of piperidine rings is 1. The van der Waals surface area contributed by atoms with Crippen molar-refractivity contribution in [2.75, 3.05) is 31.4 Å². The Morgan fingerprint density at radius 3 is 2.12 bits per heavy atom. The zero-order valence-electron chi connectivity index (χ0n) is 18.5. The summed E-state index contributed by atoms with van der Waals surface area (Å²) in [5, 5.41) is 0. The van der Waals surface area contributed by atoms with Crippen LogP contribution in [0.15, 0.2) is 53.7 Å². The van der Waals surface area contributed by atoms with E-state index in [2.05, 4.69) is 21.8 Å². The minimum Gasteiger partial charge on any atom is -0.497 e. The Morgan fingerprint density at radius 2 is 1.62 bits per heavy atom. The van der Waals surface area contributed by atoms with E-state index in [1.807, 2.05) is 30.8 Å². The van der Waals surface area contributed by atoms with Crippen molar-refractivity contribution in [3.8, 4) is 16.9 Å². The topological polar surface area (TPSA) is 38.2 Å². The molecule has 5 rings (SSSR count). The highest BCUT2D eigenvalue weighted by molar-refractivity contribution is 7.98. The summed E-state index contributed by atoms with van der Waals surface area (Å²) in [6.45, 7) is 4.48. The summed E-state index contributed by atoms with van der Waals surface area (Å²) in [4.78, 5) is 12.2. The molecule has 0 radical (unpaired) electrons. The molecular formula is C25H27F2N3OS. The quantitative estimate of drug-likeness (QED) is 0.451. The Bertz CT molecular complexity index is 1030. The third-order valence-electron chi connectivity index (χ3n) is 5.99. The van der Waals surface area contributed by atoms with Crippen LogP contribution < -0.4 is 9.64 Å². The van der Waals surface area contributed by atoms with Gasteiger partial charge < -0.3 is 9.64 Å². The summed E-state index contributed by atoms with van der Waals surface area (Å²) in [5.41, 5.74) is 1.71. The van der Waals surface area contributed by atoms with Gasteiger partial charge in [0.2, 0.25) is 5.95 Å². The molecule has 1 saturated carbocycles. The summed E-state index contributed by atoms with van der Waals surface area (Å²) in [7, 11) is 1.38. The van der Waals surface area contributed by atoms with E-state index in [0.717, 1.165) is 29.1 Å². The summed E-state index contributed by atoms with van der Waals surface area (Å²) >= 11 is 1.58. The molecule has 168 valence electrons. The predicted octanol–water partition coefficient (Wildman–Crippen LogP) is 5.86. The molecule has 32 heavy (non-hydrogen) atoms. The molecule has 7 heteroatoms. The van der Waals surface area contributed by atoms with Gasteiger partial charge in [-0.2, -0.15) is 0 Å². The Balaban J connectivity index is 0.000000157. The standard InChI is InChI=1S/C14H12F2OS.C11H15N3/c1-17-10-7-12(15)14(13(16)8-10)9-3-5-11(18-2)6-4-9;1-2-8-4-12-11(13-5-8)14-6-9-3-10(9)7-14/h3-8H,1-2H3;4-5,9-10H,2-3,6-7H2,1H3. The van der Waals surface area contributed by atoms with Crippen molar-refractivity contribution in [2.24, 2.45) is 11.8 Å². The number of nitrogens with zero attached hydrogens (tertiary/aromatic N) is 3. The highest BCUT2D eigenvalue weighted by atomic mass is 32.2. The number of anilines is 1. The van der Waals surface area contributed by atoms with Crippen LogP contribution in [0.3, 0.4) is 0 Å². The first kappa shape index (κ1) is 22.5. The molecule has 1 aromatic heterocycles. The monoisotopic (exact) mass is 455 g/mol. The number of aromatic nitrogens is 2. The maximum absolute atomic E-state index is 13.8. The van der Waals surface area contributed by atoms with E-state index in [0.29, 0.717) is 5.56 Å². The number of benzene rings is 2. The lowest BCUT2D eigenvalue weighted by Crippen LogP contribution is -2.23. The minimum absolute atomic E-state index is 0.0246. The van der Waals surface area contributed by atoms with Gasteiger partial charge in [-0.1, -0.05) is 19.1 Å². The lowest BCUT2D eigenvalue weighted by Gasteiger charge is -2.17. The SMILES string of the molecule is CCc1cnc(N2CC3CC3C2)nc1.COc1cc(F)c(-c2ccc(SC)cc2)c(F)c1. The number of thioether (sulfide) groups is 1. The fraction of sp³-hybridized carbons (Fsp3) is 0.360. The van der Waals surface area contributed by atoms with E-state index in [1.54, 1.807) is 23.9 Å². The number of aryl methyl sites for hydroxylation is 1. The van der Waals surface area contributed by atoms with Crippen molar-refractivity contribution < 1.29 is 13.5 Å². The fourth-order valence-electron chi connectivity index (χ4n) is 3.96. The van der Waals surface area contributed by atoms with Crippen molar-refractivity contribution in [1.82, 2.24) is 9.97 Å². The maximum atomic E-state index is 13.8. The Morgan fingerprint density at radius 1 is 1.03 bits per heavy atom. The van der Waals surface area contributed by atoms with Crippen LogP contribution in [0.4, 0.5) is 14.7 Å². The number of rotatable bonds is 5. The molecular weight excluding hydrogens is 428 g/mol. The molecule has 2 aliphatic rings. The van der Waals surface area contributed by atoms with E-state index in [-0.39, 0.29) is 11.3 Å². The van der Waals surface area contributed by atoms with Crippen LogP contribution in [0.25, 0.3) is 11.1 Å². The van der Waals surface area contributed by atoms with Crippen LogP contribution in [0, 0.1) is 23.5 Å². The van der Waals surface area contributed by atoms with Gasteiger partial charge in [0.25, 0.3) is 0 Å². The lowest BCUT2D eigenvalue weighted by molar-refractivity contribution is 0.407. The van der Waals surface area contributed by atoms with E-state index < -0.39 is 11.6 Å². The van der Waals surface area contributed by atoms with Gasteiger partial charge in [0, 0.05) is 42.5 Å². The van der Waals surface area contributed by atoms with Crippen LogP contribution in [0.1, 0.15) is 18.9 Å². The number of hydrogen-bond acceptors (Lipinski definition) is 5. The second-order valence-electron chi connectivity index (χ2n) is 8.10. The molecule has 1 aliphatic heterocycles. The zero-order chi connectivity index (χ0) is 22.7. The van der Waals surface area contributed by atoms with E-state index in [9.17, 15) is 8.78 Å². The summed E-state index contributed by atoms with van der Waals surface area (Å²) in [5.74, 6) is 1.75. The summed E-state index contributed by atoms with van der Waals surface area (Å²) in [6.07, 6.45) is 8.30. The molecule has 2 unspecified atom stereocenters. The lowest BCUT2D eigenvalue weighted by atomic mass is 10.0. The van der Waals surface area contributed by atoms with Crippen molar-refractivity contribution in [2.45, 2.75) is 24.7 Å². The van der Waals surface area contributed by atoms with Gasteiger partial charge in [-0.25, -0.2) is 18.7 Å². The average Bonchev–Trinajstić information content (AvgIpc) is 3.44. The molecule has 4 nitrogen and oxygen atoms in total. The summed E-state index contributed by atoms with van der Waals surface area (Å²) < 4.78 is 32.5. The Kier molecular flexibility index (Phi) is 6.94. The molecule has 2 atom stereocenters. The molecule has 2 aromatic carbocycles. The minimum atomic E-state index is -0.622. The Hall–Kier alpha value is -2.67. The first-order chi connectivity index (χ1) is 15.5. The average molecular weight is 456 g/mol. The highest BCUT2D eigenvalue weighted by Gasteiger charge is 2.45. The molecule has 2 fully saturated rings. The second-order valence-corrected chi connectivity index (χ2v) is 8.98. The molecule has 3 aromatic rings. The van der Waals surface area contributed by atoms with Gasteiger partial charge in [0.1, 0.15) is 17.4 Å². The van der Waals surface area contributed by atoms with Crippen molar-refractivity contribution in [3.63, 3.8) is 0 Å². The number of hydrogen-bond donors (Lipinski definition) is 0. The van der Waals surface area contributed by atoms with Crippen LogP contribution in [0.5, 0.6) is 5.75 Å². The van der Waals surface area contributed by atoms with Gasteiger partial charge in [-0.15, -0.1) is 11.8 Å². The van der Waals surface area contributed by atoms with E-state index in [4.69, 9.17) is 4.74 Å². The van der Waals surface area contributed by atoms with Gasteiger partial charge in [-0.3, -0.25) is 0 Å². The van der Waals surface area contributed by atoms with Crippen molar-refractivity contribution >= 4 is 17.7 Å². The van der Waals surface area contributed by atoms with Crippen LogP contribution >= 0.6 is 11.8 Å².